The average Bonchev–Trinajstić information content (AvgIpc) is 3.80. The lowest BCUT2D eigenvalue weighted by Crippen LogP contribution is -2.24. The Morgan fingerprint density at radius 2 is 1.05 bits per heavy atom. The molecule has 2 aliphatic rings. The van der Waals surface area contributed by atoms with E-state index in [0.29, 0.717) is 0 Å². The SMILES string of the molecule is CN1C=CN(CCc2cc(-c3cccs3)sc2-c2ccc(-c3sc(-c4cccs4)cc3CCN3C=CN(C)C3)s2)C1. The van der Waals surface area contributed by atoms with Gasteiger partial charge in [0.2, 0.25) is 0 Å². The van der Waals surface area contributed by atoms with Crippen molar-refractivity contribution in [2.75, 3.05) is 40.5 Å². The van der Waals surface area contributed by atoms with Crippen molar-refractivity contribution in [1.82, 2.24) is 19.6 Å². The van der Waals surface area contributed by atoms with Crippen LogP contribution in [0.25, 0.3) is 39.0 Å². The first kappa shape index (κ1) is 27.0. The minimum Gasteiger partial charge on any atom is -0.362 e. The maximum Gasteiger partial charge on any atom is 0.0890 e. The second-order valence-electron chi connectivity index (χ2n) is 10.6. The molecule has 5 aromatic heterocycles. The van der Waals surface area contributed by atoms with E-state index in [4.69, 9.17) is 0 Å². The zero-order chi connectivity index (χ0) is 27.8. The molecule has 210 valence electrons. The van der Waals surface area contributed by atoms with Crippen molar-refractivity contribution in [3.8, 4) is 39.0 Å². The first-order valence-electron chi connectivity index (χ1n) is 13.8. The molecule has 0 unspecified atom stereocenters. The van der Waals surface area contributed by atoms with Crippen LogP contribution in [0.4, 0.5) is 0 Å². The van der Waals surface area contributed by atoms with Crippen LogP contribution in [0.3, 0.4) is 0 Å². The molecule has 0 spiro atoms. The van der Waals surface area contributed by atoms with E-state index in [1.54, 1.807) is 0 Å². The summed E-state index contributed by atoms with van der Waals surface area (Å²) in [5.41, 5.74) is 2.93. The molecule has 7 rings (SSSR count). The van der Waals surface area contributed by atoms with Crippen LogP contribution in [0, 0.1) is 0 Å². The van der Waals surface area contributed by atoms with Crippen molar-refractivity contribution in [3.05, 3.63) is 95.2 Å². The standard InChI is InChI=1S/C32H32N4S5/c1-33-13-15-35(21-33)11-9-23-19-29(25-5-3-17-37-25)40-31(23)27-7-8-28(39-27)32-24(10-12-36-16-14-34(2)22-36)20-30(41-32)26-6-4-18-38-26/h3-8,13-20H,9-12,21-22H2,1-2H3. The number of nitrogens with zero attached hydrogens (tertiary/aromatic N) is 4. The van der Waals surface area contributed by atoms with Crippen molar-refractivity contribution < 1.29 is 0 Å². The number of hydrogen-bond donors (Lipinski definition) is 0. The Bertz CT molecular complexity index is 1530. The predicted molar refractivity (Wildman–Crippen MR) is 182 cm³/mol. The van der Waals surface area contributed by atoms with Gasteiger partial charge in [0.1, 0.15) is 0 Å². The molecule has 0 aromatic carbocycles. The zero-order valence-electron chi connectivity index (χ0n) is 23.2. The minimum atomic E-state index is 0.970. The third kappa shape index (κ3) is 5.92. The Morgan fingerprint density at radius 3 is 1.44 bits per heavy atom. The molecule has 5 aromatic rings. The molecule has 9 heteroatoms. The Morgan fingerprint density at radius 1 is 0.561 bits per heavy atom. The summed E-state index contributed by atoms with van der Waals surface area (Å²) in [4.78, 5) is 20.4. The monoisotopic (exact) mass is 632 g/mol. The Kier molecular flexibility index (Phi) is 7.79. The third-order valence-corrected chi connectivity index (χ3v) is 13.3. The summed E-state index contributed by atoms with van der Waals surface area (Å²) < 4.78 is 0. The van der Waals surface area contributed by atoms with Gasteiger partial charge in [0.15, 0.2) is 0 Å². The third-order valence-electron chi connectivity index (χ3n) is 7.41. The van der Waals surface area contributed by atoms with Crippen molar-refractivity contribution in [3.63, 3.8) is 0 Å². The van der Waals surface area contributed by atoms with E-state index in [1.165, 1.54) is 50.1 Å². The van der Waals surface area contributed by atoms with Crippen LogP contribution in [0.1, 0.15) is 11.1 Å². The summed E-state index contributed by atoms with van der Waals surface area (Å²) >= 11 is 9.54. The van der Waals surface area contributed by atoms with Gasteiger partial charge in [-0.2, -0.15) is 0 Å². The van der Waals surface area contributed by atoms with E-state index in [2.05, 4.69) is 118 Å². The molecular weight excluding hydrogens is 601 g/mol. The fourth-order valence-electron chi connectivity index (χ4n) is 5.30. The summed E-state index contributed by atoms with van der Waals surface area (Å²) in [5, 5.41) is 4.37. The van der Waals surface area contributed by atoms with Crippen molar-refractivity contribution in [2.45, 2.75) is 12.8 Å². The first-order valence-corrected chi connectivity index (χ1v) is 18.0. The van der Waals surface area contributed by atoms with Crippen molar-refractivity contribution >= 4 is 56.7 Å². The van der Waals surface area contributed by atoms with Crippen LogP contribution in [-0.2, 0) is 12.8 Å². The number of rotatable bonds is 10. The predicted octanol–water partition coefficient (Wildman–Crippen LogP) is 9.10. The van der Waals surface area contributed by atoms with E-state index in [-0.39, 0.29) is 0 Å². The summed E-state index contributed by atoms with van der Waals surface area (Å²) in [5.74, 6) is 0. The molecule has 0 aliphatic carbocycles. The summed E-state index contributed by atoms with van der Waals surface area (Å²) in [6.07, 6.45) is 10.9. The van der Waals surface area contributed by atoms with Crippen LogP contribution in [0.5, 0.6) is 0 Å². The highest BCUT2D eigenvalue weighted by Crippen LogP contribution is 2.47. The van der Waals surface area contributed by atoms with Gasteiger partial charge in [-0.25, -0.2) is 0 Å². The molecule has 41 heavy (non-hydrogen) atoms. The number of hydrogen-bond acceptors (Lipinski definition) is 9. The molecular formula is C32H32N4S5. The molecule has 0 N–H and O–H groups in total. The quantitative estimate of drug-likeness (QED) is 0.152. The van der Waals surface area contributed by atoms with Gasteiger partial charge in [-0.1, -0.05) is 12.1 Å². The smallest absolute Gasteiger partial charge is 0.0890 e. The molecule has 0 atom stereocenters. The van der Waals surface area contributed by atoms with Crippen LogP contribution in [0.2, 0.25) is 0 Å². The van der Waals surface area contributed by atoms with Gasteiger partial charge in [0.25, 0.3) is 0 Å². The summed E-state index contributed by atoms with van der Waals surface area (Å²) in [7, 11) is 4.27. The Hall–Kier alpha value is -2.82. The molecule has 2 aliphatic heterocycles. The second-order valence-corrected chi connectivity index (χ2v) is 15.6. The van der Waals surface area contributed by atoms with E-state index in [9.17, 15) is 0 Å². The molecule has 0 radical (unpaired) electrons. The Labute approximate surface area is 262 Å². The van der Waals surface area contributed by atoms with E-state index in [1.807, 2.05) is 56.7 Å². The normalized spacial score (nSPS) is 14.9. The van der Waals surface area contributed by atoms with E-state index in [0.717, 1.165) is 39.3 Å². The highest BCUT2D eigenvalue weighted by molar-refractivity contribution is 7.29. The molecule has 0 saturated heterocycles. The molecule has 7 heterocycles. The fraction of sp³-hybridized carbons (Fsp3) is 0.250. The van der Waals surface area contributed by atoms with Crippen LogP contribution in [-0.4, -0.2) is 60.1 Å². The van der Waals surface area contributed by atoms with E-state index < -0.39 is 0 Å². The highest BCUT2D eigenvalue weighted by atomic mass is 32.1. The van der Waals surface area contributed by atoms with Crippen molar-refractivity contribution in [2.24, 2.45) is 0 Å². The topological polar surface area (TPSA) is 13.0 Å². The van der Waals surface area contributed by atoms with Gasteiger partial charge >= 0.3 is 0 Å². The molecule has 0 fully saturated rings. The maximum absolute atomic E-state index is 2.45. The fourth-order valence-corrected chi connectivity index (χ4v) is 10.7. The average molecular weight is 633 g/mol. The van der Waals surface area contributed by atoms with E-state index >= 15 is 0 Å². The first-order chi connectivity index (χ1) is 20.1. The zero-order valence-corrected chi connectivity index (χ0v) is 27.2. The Balaban J connectivity index is 1.19. The molecule has 0 bridgehead atoms. The van der Waals surface area contributed by atoms with Crippen LogP contribution < -0.4 is 0 Å². The molecule has 0 amide bonds. The lowest BCUT2D eigenvalue weighted by Gasteiger charge is -2.18. The van der Waals surface area contributed by atoms with Gasteiger partial charge in [0, 0.05) is 91.0 Å². The van der Waals surface area contributed by atoms with Crippen molar-refractivity contribution in [1.29, 1.82) is 0 Å². The number of thiophene rings is 5. The van der Waals surface area contributed by atoms with Gasteiger partial charge in [-0.05, 0) is 71.1 Å². The molecule has 4 nitrogen and oxygen atoms in total. The maximum atomic E-state index is 2.45. The highest BCUT2D eigenvalue weighted by Gasteiger charge is 2.20. The van der Waals surface area contributed by atoms with Gasteiger partial charge in [-0.15, -0.1) is 56.7 Å². The second kappa shape index (κ2) is 11.8. The summed E-state index contributed by atoms with van der Waals surface area (Å²) in [6, 6.07) is 18.4. The lowest BCUT2D eigenvalue weighted by atomic mass is 10.1. The van der Waals surface area contributed by atoms with Gasteiger partial charge in [-0.3, -0.25) is 0 Å². The van der Waals surface area contributed by atoms with Crippen LogP contribution >= 0.6 is 56.7 Å². The summed E-state index contributed by atoms with van der Waals surface area (Å²) in [6.45, 7) is 4.01. The molecule has 0 saturated carbocycles. The van der Waals surface area contributed by atoms with Gasteiger partial charge < -0.3 is 19.6 Å². The van der Waals surface area contributed by atoms with Crippen LogP contribution in [0.15, 0.2) is 84.1 Å². The minimum absolute atomic E-state index is 0.970. The lowest BCUT2D eigenvalue weighted by molar-refractivity contribution is 0.299. The van der Waals surface area contributed by atoms with Gasteiger partial charge in [0.05, 0.1) is 13.3 Å². The largest absolute Gasteiger partial charge is 0.362 e.